The Morgan fingerprint density at radius 3 is 1.08 bits per heavy atom. The summed E-state index contributed by atoms with van der Waals surface area (Å²) in [5.41, 5.74) is 23.0. The van der Waals surface area contributed by atoms with Crippen molar-refractivity contribution in [3.05, 3.63) is 211 Å². The average Bonchev–Trinajstić information content (AvgIpc) is 0.859. The Bertz CT molecular complexity index is 4110. The number of aryl methyl sites for hydroxylation is 15. The highest BCUT2D eigenvalue weighted by atomic mass is 14.9. The molecule has 1 aliphatic rings. The fourth-order valence-corrected chi connectivity index (χ4v) is 11.7. The van der Waals surface area contributed by atoms with Crippen molar-refractivity contribution in [2.75, 3.05) is 0 Å². The third-order valence-electron chi connectivity index (χ3n) is 16.2. The van der Waals surface area contributed by atoms with Crippen LogP contribution in [0, 0.1) is 98.2 Å². The van der Waals surface area contributed by atoms with E-state index in [-0.39, 0.29) is 5.92 Å². The highest BCUT2D eigenvalue weighted by Gasteiger charge is 2.25. The van der Waals surface area contributed by atoms with Crippen LogP contribution in [0.3, 0.4) is 0 Å². The number of nitrogens with zero attached hydrogens (tertiary/aromatic N) is 4. The summed E-state index contributed by atoms with van der Waals surface area (Å²) in [7, 11) is 7.95. The molecule has 1 aliphatic carbocycles. The van der Waals surface area contributed by atoms with Gasteiger partial charge in [0.15, 0.2) is 24.8 Å². The molecule has 87 heavy (non-hydrogen) atoms. The molecule has 0 bridgehead atoms. The smallest absolute Gasteiger partial charge is 0.201 e. The largest absolute Gasteiger partial charge is 0.212 e. The summed E-state index contributed by atoms with van der Waals surface area (Å²) in [5.74, 6) is -0.532. The second kappa shape index (κ2) is 29.2. The molecule has 1 fully saturated rings. The first-order valence-corrected chi connectivity index (χ1v) is 31.4. The zero-order chi connectivity index (χ0) is 75.9. The van der Waals surface area contributed by atoms with E-state index in [0.717, 1.165) is 116 Å². The Kier molecular flexibility index (Phi) is 17.6. The van der Waals surface area contributed by atoms with Crippen LogP contribution in [0.15, 0.2) is 122 Å². The van der Waals surface area contributed by atoms with Crippen molar-refractivity contribution < 1.29 is 36.1 Å². The highest BCUT2D eigenvalue weighted by molar-refractivity contribution is 5.65. The lowest BCUT2D eigenvalue weighted by atomic mass is 9.86. The summed E-state index contributed by atoms with van der Waals surface area (Å²) in [6, 6.07) is 31.7. The van der Waals surface area contributed by atoms with E-state index in [4.69, 9.17) is 17.8 Å². The summed E-state index contributed by atoms with van der Waals surface area (Å²) in [6.07, 6.45) is 9.04. The number of pyridine rings is 4. The number of benzene rings is 4. The predicted molar refractivity (Wildman–Crippen MR) is 374 cm³/mol. The molecule has 1 saturated carbocycles. The van der Waals surface area contributed by atoms with Crippen LogP contribution in [-0.2, 0) is 53.7 Å². The molecule has 4 aromatic heterocycles. The normalized spacial score (nSPS) is 15.9. The number of hydrogen-bond donors (Lipinski definition) is 0. The molecule has 0 saturated heterocycles. The van der Waals surface area contributed by atoms with Gasteiger partial charge in [0, 0.05) is 86.6 Å². The van der Waals surface area contributed by atoms with Gasteiger partial charge in [0.25, 0.3) is 0 Å². The van der Waals surface area contributed by atoms with Crippen LogP contribution in [0.2, 0.25) is 0 Å². The molecule has 0 amide bonds. The first kappa shape index (κ1) is 52.4. The lowest BCUT2D eigenvalue weighted by molar-refractivity contribution is -0.661. The van der Waals surface area contributed by atoms with E-state index in [9.17, 15) is 0 Å². The predicted octanol–water partition coefficient (Wildman–Crippen LogP) is 19.7. The van der Waals surface area contributed by atoms with Gasteiger partial charge in [-0.2, -0.15) is 0 Å². The maximum absolute atomic E-state index is 8.71. The maximum Gasteiger partial charge on any atom is 0.212 e. The van der Waals surface area contributed by atoms with E-state index >= 15 is 0 Å². The second-order valence-electron chi connectivity index (χ2n) is 28.6. The van der Waals surface area contributed by atoms with E-state index in [1.807, 2.05) is 174 Å². The molecule has 0 aliphatic heterocycles. The maximum atomic E-state index is 8.71. The Morgan fingerprint density at radius 2 is 0.736 bits per heavy atom. The number of rotatable bonds is 10. The zero-order valence-electron chi connectivity index (χ0n) is 70.9. The second-order valence-corrected chi connectivity index (χ2v) is 28.6. The van der Waals surface area contributed by atoms with Gasteiger partial charge >= 0.3 is 0 Å². The van der Waals surface area contributed by atoms with Crippen LogP contribution in [0.5, 0.6) is 0 Å². The summed E-state index contributed by atoms with van der Waals surface area (Å²) >= 11 is 0. The van der Waals surface area contributed by atoms with Crippen molar-refractivity contribution in [1.29, 1.82) is 0 Å². The van der Waals surface area contributed by atoms with Crippen LogP contribution >= 0.6 is 0 Å². The van der Waals surface area contributed by atoms with Gasteiger partial charge in [-0.05, 0) is 204 Å². The van der Waals surface area contributed by atoms with Crippen molar-refractivity contribution in [2.24, 2.45) is 50.4 Å². The molecule has 9 rings (SSSR count). The Labute approximate surface area is 549 Å². The molecule has 4 heterocycles. The van der Waals surface area contributed by atoms with Crippen LogP contribution in [0.4, 0.5) is 0 Å². The molecule has 4 heteroatoms. The van der Waals surface area contributed by atoms with E-state index in [2.05, 4.69) is 109 Å². The average molecular weight is 1180 g/mol. The third kappa shape index (κ3) is 19.7. The summed E-state index contributed by atoms with van der Waals surface area (Å²) < 4.78 is 114. The van der Waals surface area contributed by atoms with Gasteiger partial charge in [-0.25, -0.2) is 18.3 Å². The van der Waals surface area contributed by atoms with Crippen molar-refractivity contribution >= 4 is 0 Å². The topological polar surface area (TPSA) is 15.5 Å². The summed E-state index contributed by atoms with van der Waals surface area (Å²) in [4.78, 5) is 0. The quantitative estimate of drug-likeness (QED) is 0.121. The third-order valence-corrected chi connectivity index (χ3v) is 16.2. The van der Waals surface area contributed by atoms with E-state index in [0.29, 0.717) is 22.1 Å². The van der Waals surface area contributed by atoms with Gasteiger partial charge in [-0.1, -0.05) is 167 Å². The van der Waals surface area contributed by atoms with E-state index in [1.165, 1.54) is 33.5 Å². The van der Waals surface area contributed by atoms with Gasteiger partial charge in [0.1, 0.15) is 28.2 Å². The molecule has 4 aromatic carbocycles. The van der Waals surface area contributed by atoms with Gasteiger partial charge in [-0.15, -0.1) is 0 Å². The fraction of sp³-hybridized carbons (Fsp3) is 0.470. The molecule has 0 atom stereocenters. The molecular formula is C83H116N4+4. The number of aromatic nitrogens is 4. The van der Waals surface area contributed by atoms with Gasteiger partial charge in [-0.3, -0.25) is 0 Å². The zero-order valence-corrected chi connectivity index (χ0v) is 57.9. The molecular weight excluding hydrogens is 1050 g/mol. The summed E-state index contributed by atoms with van der Waals surface area (Å²) in [5, 5.41) is 0. The van der Waals surface area contributed by atoms with Gasteiger partial charge < -0.3 is 0 Å². The van der Waals surface area contributed by atoms with Gasteiger partial charge in [0.2, 0.25) is 22.8 Å². The van der Waals surface area contributed by atoms with Crippen molar-refractivity contribution in [3.8, 4) is 45.0 Å². The Morgan fingerprint density at radius 1 is 0.414 bits per heavy atom. The molecule has 4 nitrogen and oxygen atoms in total. The number of hydrogen-bond acceptors (Lipinski definition) is 0. The van der Waals surface area contributed by atoms with E-state index < -0.39 is 49.5 Å². The van der Waals surface area contributed by atoms with Crippen LogP contribution in [0.25, 0.3) is 45.0 Å². The fourth-order valence-electron chi connectivity index (χ4n) is 11.7. The van der Waals surface area contributed by atoms with Crippen molar-refractivity contribution in [1.82, 2.24) is 0 Å². The van der Waals surface area contributed by atoms with Crippen LogP contribution < -0.4 is 18.3 Å². The molecule has 0 spiro atoms. The Balaban J connectivity index is 0.000000211. The van der Waals surface area contributed by atoms with Crippen LogP contribution in [-0.4, -0.2) is 0 Å². The molecule has 0 N–H and O–H groups in total. The first-order chi connectivity index (χ1) is 45.5. The van der Waals surface area contributed by atoms with Crippen molar-refractivity contribution in [2.45, 2.75) is 209 Å². The lowest BCUT2D eigenvalue weighted by Gasteiger charge is -2.19. The molecule has 8 aromatic rings. The summed E-state index contributed by atoms with van der Waals surface area (Å²) in [6.45, 7) is 36.3. The van der Waals surface area contributed by atoms with E-state index in [1.54, 1.807) is 24.3 Å². The SMILES string of the molecule is Cc1ccc(-c2cc(C)c(CC(C)(C)C)c[n+]2C)c(C)c1.[2H]C(C)(C)c1ccc(-c2cc(C)c(C([2H])([2H])C(C)(C)C)c[n+]2C)c(C)c1.[2H]C([2H])([2H])c1ccc(-c2cc(C)c(C([2H])([2H])C(C)(C)C)c[n+]2C)c(C)c1.[2H]C([2H])([2H])c1ccc(-c2cc(C)c(C([2H])([2H])C3CCCC3)c[n+]2C)c(C)c1. The van der Waals surface area contributed by atoms with Crippen LogP contribution in [0.1, 0.15) is 215 Å². The molecule has 464 valence electrons. The molecule has 0 radical (unpaired) electrons. The van der Waals surface area contributed by atoms with Crippen molar-refractivity contribution in [3.63, 3.8) is 0 Å². The monoisotopic (exact) mass is 1180 g/mol. The standard InChI is InChI=1S/C22H32N.C21H28N.2C20H28N/c1-15(2)18-9-10-20(17(4)11-18)21-12-16(3)19(14-23(21)8)13-22(5,6)7;1-15-9-10-20(17(3)11-15)21-12-16(2)19(14-22(21)4)13-18-7-5-6-8-18;2*1-14-8-9-18(16(3)10-14)19-11-15(2)17(13-21(19)7)12-20(4,5)6/h9-12,14-15H,13H2,1-8H3;9-12,14,18H,5-8,13H2,1-4H3;2*8-11,13H,12H2,1-7H3/q4*+1/i13D2,15D;1D3,13D2;1D3,12D2;. The minimum atomic E-state index is -2.12. The lowest BCUT2D eigenvalue weighted by Crippen LogP contribution is -2.32. The Hall–Kier alpha value is -6.52. The highest BCUT2D eigenvalue weighted by Crippen LogP contribution is 2.33. The minimum absolute atomic E-state index is 0.0855. The van der Waals surface area contributed by atoms with Gasteiger partial charge in [0.05, 0.1) is 0 Å². The minimum Gasteiger partial charge on any atom is -0.201 e. The molecule has 0 unspecified atom stereocenters. The first-order valence-electron chi connectivity index (χ1n) is 37.9.